The van der Waals surface area contributed by atoms with Crippen molar-refractivity contribution in [1.29, 1.82) is 0 Å². The Balaban J connectivity index is 0.00000176. The molecule has 0 spiro atoms. The lowest BCUT2D eigenvalue weighted by Gasteiger charge is -2.34. The van der Waals surface area contributed by atoms with E-state index in [9.17, 15) is 4.79 Å². The van der Waals surface area contributed by atoms with E-state index in [2.05, 4.69) is 12.2 Å². The largest absolute Gasteiger partial charge is 0.497 e. The summed E-state index contributed by atoms with van der Waals surface area (Å²) >= 11 is 0. The number of hydrogen-bond donors (Lipinski definition) is 1. The monoisotopic (exact) mass is 323 g/mol. The predicted molar refractivity (Wildman–Crippen MR) is 90.1 cm³/mol. The third-order valence-corrected chi connectivity index (χ3v) is 4.23. The summed E-state index contributed by atoms with van der Waals surface area (Å²) in [6, 6.07) is 8.06. The van der Waals surface area contributed by atoms with Gasteiger partial charge < -0.3 is 19.5 Å². The highest BCUT2D eigenvalue weighted by atomic mass is 35.5. The molecule has 6 heteroatoms. The summed E-state index contributed by atoms with van der Waals surface area (Å²) in [5.74, 6) is 0.903. The molecule has 2 aromatic rings. The van der Waals surface area contributed by atoms with Crippen molar-refractivity contribution < 1.29 is 9.53 Å². The van der Waals surface area contributed by atoms with Gasteiger partial charge in [0.25, 0.3) is 5.91 Å². The van der Waals surface area contributed by atoms with Crippen molar-refractivity contribution >= 4 is 29.2 Å². The molecule has 1 fully saturated rings. The summed E-state index contributed by atoms with van der Waals surface area (Å²) in [5.41, 5.74) is 1.74. The van der Waals surface area contributed by atoms with Crippen molar-refractivity contribution in [2.75, 3.05) is 26.7 Å². The molecule has 1 amide bonds. The van der Waals surface area contributed by atoms with Crippen LogP contribution in [0.2, 0.25) is 0 Å². The molecule has 1 aromatic heterocycles. The Bertz CT molecular complexity index is 683. The molecule has 1 aromatic carbocycles. The average molecular weight is 324 g/mol. The zero-order valence-corrected chi connectivity index (χ0v) is 13.9. The molecule has 1 saturated heterocycles. The van der Waals surface area contributed by atoms with Gasteiger partial charge >= 0.3 is 0 Å². The molecule has 120 valence electrons. The Hall–Kier alpha value is -1.72. The third kappa shape index (κ3) is 2.78. The van der Waals surface area contributed by atoms with Crippen LogP contribution in [0.5, 0.6) is 5.75 Å². The second-order valence-electron chi connectivity index (χ2n) is 5.57. The molecule has 0 aliphatic carbocycles. The fourth-order valence-electron chi connectivity index (χ4n) is 2.93. The van der Waals surface area contributed by atoms with Crippen LogP contribution in [-0.2, 0) is 7.05 Å². The van der Waals surface area contributed by atoms with E-state index in [1.165, 1.54) is 0 Å². The number of ether oxygens (including phenoxy) is 1. The number of benzene rings is 1. The highest BCUT2D eigenvalue weighted by Crippen LogP contribution is 2.25. The van der Waals surface area contributed by atoms with Crippen LogP contribution >= 0.6 is 12.4 Å². The summed E-state index contributed by atoms with van der Waals surface area (Å²) in [6.45, 7) is 4.54. The maximum absolute atomic E-state index is 12.8. The highest BCUT2D eigenvalue weighted by Gasteiger charge is 2.26. The Labute approximate surface area is 136 Å². The van der Waals surface area contributed by atoms with Crippen LogP contribution < -0.4 is 10.1 Å². The molecule has 1 aliphatic rings. The first-order chi connectivity index (χ1) is 10.1. The van der Waals surface area contributed by atoms with Crippen molar-refractivity contribution in [1.82, 2.24) is 14.8 Å². The Kier molecular flexibility index (Phi) is 4.98. The zero-order chi connectivity index (χ0) is 15.0. The number of rotatable bonds is 2. The molecular weight excluding hydrogens is 302 g/mol. The molecular formula is C16H22ClN3O2. The summed E-state index contributed by atoms with van der Waals surface area (Å²) in [4.78, 5) is 14.7. The summed E-state index contributed by atoms with van der Waals surface area (Å²) in [5, 5.41) is 4.37. The molecule has 3 rings (SSSR count). The Morgan fingerprint density at radius 3 is 2.82 bits per heavy atom. The van der Waals surface area contributed by atoms with Crippen molar-refractivity contribution in [3.05, 3.63) is 30.0 Å². The quantitative estimate of drug-likeness (QED) is 0.920. The van der Waals surface area contributed by atoms with Crippen LogP contribution in [0.25, 0.3) is 10.9 Å². The molecule has 0 bridgehead atoms. The minimum atomic E-state index is 0. The lowest BCUT2D eigenvalue weighted by Crippen LogP contribution is -2.52. The number of amides is 1. The maximum atomic E-state index is 12.8. The molecule has 1 aliphatic heterocycles. The van der Waals surface area contributed by atoms with E-state index in [4.69, 9.17) is 4.74 Å². The van der Waals surface area contributed by atoms with Gasteiger partial charge in [0.2, 0.25) is 0 Å². The molecule has 22 heavy (non-hydrogen) atoms. The van der Waals surface area contributed by atoms with Crippen LogP contribution in [0.4, 0.5) is 0 Å². The van der Waals surface area contributed by atoms with E-state index in [0.717, 1.165) is 42.0 Å². The minimum absolute atomic E-state index is 0. The standard InChI is InChI=1S/C16H21N3O2.ClH/c1-11-10-17-6-7-19(11)16(20)15-8-12-4-5-13(21-3)9-14(12)18(15)2;/h4-5,8-9,11,17H,6-7,10H2,1-3H3;1H. The van der Waals surface area contributed by atoms with Crippen molar-refractivity contribution in [3.63, 3.8) is 0 Å². The third-order valence-electron chi connectivity index (χ3n) is 4.23. The number of methoxy groups -OCH3 is 1. The first kappa shape index (κ1) is 16.6. The molecule has 0 radical (unpaired) electrons. The molecule has 2 heterocycles. The van der Waals surface area contributed by atoms with Gasteiger partial charge in [0, 0.05) is 44.2 Å². The van der Waals surface area contributed by atoms with Gasteiger partial charge in [-0.15, -0.1) is 12.4 Å². The van der Waals surface area contributed by atoms with Gasteiger partial charge in [0.05, 0.1) is 12.6 Å². The van der Waals surface area contributed by atoms with Gasteiger partial charge in [-0.05, 0) is 25.1 Å². The lowest BCUT2D eigenvalue weighted by molar-refractivity contribution is 0.0646. The first-order valence-electron chi connectivity index (χ1n) is 7.27. The number of piperazine rings is 1. The van der Waals surface area contributed by atoms with Gasteiger partial charge in [-0.1, -0.05) is 0 Å². The highest BCUT2D eigenvalue weighted by molar-refractivity contribution is 5.99. The zero-order valence-electron chi connectivity index (χ0n) is 13.1. The molecule has 1 unspecified atom stereocenters. The van der Waals surface area contributed by atoms with Gasteiger partial charge in [0.15, 0.2) is 0 Å². The van der Waals surface area contributed by atoms with Gasteiger partial charge in [-0.25, -0.2) is 0 Å². The average Bonchev–Trinajstić information content (AvgIpc) is 2.83. The molecule has 1 atom stereocenters. The van der Waals surface area contributed by atoms with Gasteiger partial charge in [-0.3, -0.25) is 4.79 Å². The lowest BCUT2D eigenvalue weighted by atomic mass is 10.2. The van der Waals surface area contributed by atoms with Crippen LogP contribution in [0, 0.1) is 0 Å². The van der Waals surface area contributed by atoms with Gasteiger partial charge in [0.1, 0.15) is 11.4 Å². The van der Waals surface area contributed by atoms with Crippen LogP contribution in [0.1, 0.15) is 17.4 Å². The summed E-state index contributed by atoms with van der Waals surface area (Å²) in [7, 11) is 3.58. The predicted octanol–water partition coefficient (Wildman–Crippen LogP) is 2.04. The number of hydrogen-bond acceptors (Lipinski definition) is 3. The second-order valence-corrected chi connectivity index (χ2v) is 5.57. The van der Waals surface area contributed by atoms with E-state index >= 15 is 0 Å². The fourth-order valence-corrected chi connectivity index (χ4v) is 2.93. The van der Waals surface area contributed by atoms with E-state index in [1.807, 2.05) is 40.8 Å². The summed E-state index contributed by atoms with van der Waals surface area (Å²) < 4.78 is 7.22. The number of nitrogens with zero attached hydrogens (tertiary/aromatic N) is 2. The van der Waals surface area contributed by atoms with Crippen molar-refractivity contribution in [2.24, 2.45) is 7.05 Å². The van der Waals surface area contributed by atoms with E-state index in [0.29, 0.717) is 0 Å². The molecule has 1 N–H and O–H groups in total. The maximum Gasteiger partial charge on any atom is 0.270 e. The van der Waals surface area contributed by atoms with Crippen molar-refractivity contribution in [2.45, 2.75) is 13.0 Å². The van der Waals surface area contributed by atoms with E-state index in [-0.39, 0.29) is 24.4 Å². The number of aryl methyl sites for hydroxylation is 1. The fraction of sp³-hybridized carbons (Fsp3) is 0.438. The first-order valence-corrected chi connectivity index (χ1v) is 7.27. The number of carbonyl (C=O) groups excluding carboxylic acids is 1. The number of carbonyl (C=O) groups is 1. The summed E-state index contributed by atoms with van der Waals surface area (Å²) in [6.07, 6.45) is 0. The molecule has 0 saturated carbocycles. The Morgan fingerprint density at radius 2 is 2.14 bits per heavy atom. The van der Waals surface area contributed by atoms with Crippen molar-refractivity contribution in [3.8, 4) is 5.75 Å². The number of halogens is 1. The van der Waals surface area contributed by atoms with E-state index < -0.39 is 0 Å². The van der Waals surface area contributed by atoms with Crippen LogP contribution in [0.3, 0.4) is 0 Å². The van der Waals surface area contributed by atoms with Crippen LogP contribution in [-0.4, -0.2) is 48.2 Å². The van der Waals surface area contributed by atoms with E-state index in [1.54, 1.807) is 7.11 Å². The number of aromatic nitrogens is 1. The second kappa shape index (κ2) is 6.58. The minimum Gasteiger partial charge on any atom is -0.497 e. The Morgan fingerprint density at radius 1 is 1.36 bits per heavy atom. The number of nitrogens with one attached hydrogen (secondary N) is 1. The molecule has 5 nitrogen and oxygen atoms in total. The normalized spacial score (nSPS) is 18.1. The topological polar surface area (TPSA) is 46.5 Å². The smallest absolute Gasteiger partial charge is 0.270 e. The van der Waals surface area contributed by atoms with Crippen LogP contribution in [0.15, 0.2) is 24.3 Å². The van der Waals surface area contributed by atoms with Gasteiger partial charge in [-0.2, -0.15) is 0 Å². The number of fused-ring (bicyclic) bond motifs is 1. The SMILES string of the molecule is COc1ccc2cc(C(=O)N3CCNCC3C)n(C)c2c1.Cl.